The van der Waals surface area contributed by atoms with Crippen molar-refractivity contribution in [2.75, 3.05) is 16.0 Å². The van der Waals surface area contributed by atoms with Crippen LogP contribution in [-0.2, 0) is 9.59 Å². The normalized spacial score (nSPS) is 11.5. The van der Waals surface area contributed by atoms with Gasteiger partial charge in [-0.05, 0) is 79.1 Å². The van der Waals surface area contributed by atoms with Crippen molar-refractivity contribution in [1.29, 1.82) is 5.26 Å². The Hall–Kier alpha value is -6.74. The Kier molecular flexibility index (Phi) is 12.3. The van der Waals surface area contributed by atoms with Crippen molar-refractivity contribution in [2.45, 2.75) is 24.0 Å². The second kappa shape index (κ2) is 17.9. The second-order valence-corrected chi connectivity index (χ2v) is 14.6. The number of rotatable bonds is 12. The molecule has 0 aliphatic heterocycles. The molecule has 1 aromatic heterocycles. The summed E-state index contributed by atoms with van der Waals surface area (Å²) in [6.45, 7) is 3.65. The topological polar surface area (TPSA) is 140 Å². The van der Waals surface area contributed by atoms with Gasteiger partial charge in [0, 0.05) is 21.8 Å². The maximum atomic E-state index is 14.1. The molecule has 0 spiro atoms. The molecular weight excluding hydrogens is 727 g/mol. The summed E-state index contributed by atoms with van der Waals surface area (Å²) >= 11 is 2.30. The molecule has 1 heterocycles. The molecular formula is C44H35N5O4S2. The van der Waals surface area contributed by atoms with E-state index in [4.69, 9.17) is 0 Å². The van der Waals surface area contributed by atoms with Gasteiger partial charge < -0.3 is 21.3 Å². The molecule has 272 valence electrons. The Morgan fingerprint density at radius 2 is 1.35 bits per heavy atom. The highest BCUT2D eigenvalue weighted by molar-refractivity contribution is 8.00. The monoisotopic (exact) mass is 761 g/mol. The van der Waals surface area contributed by atoms with Crippen LogP contribution in [0.25, 0.3) is 6.08 Å². The molecule has 1 atom stereocenters. The highest BCUT2D eigenvalue weighted by atomic mass is 32.2. The van der Waals surface area contributed by atoms with E-state index in [-0.39, 0.29) is 22.2 Å². The van der Waals surface area contributed by atoms with Crippen molar-refractivity contribution in [2.24, 2.45) is 0 Å². The Balaban J connectivity index is 1.23. The van der Waals surface area contributed by atoms with Crippen molar-refractivity contribution in [3.05, 3.63) is 183 Å². The average Bonchev–Trinajstić information content (AvgIpc) is 3.52. The minimum Gasteiger partial charge on any atom is -0.321 e. The molecule has 0 aliphatic carbocycles. The number of nitriles is 1. The zero-order valence-corrected chi connectivity index (χ0v) is 31.5. The van der Waals surface area contributed by atoms with Gasteiger partial charge in [0.25, 0.3) is 17.7 Å². The number of anilines is 3. The predicted octanol–water partition coefficient (Wildman–Crippen LogP) is 9.37. The van der Waals surface area contributed by atoms with Crippen molar-refractivity contribution in [3.63, 3.8) is 0 Å². The molecule has 6 rings (SSSR count). The fourth-order valence-corrected chi connectivity index (χ4v) is 7.63. The third-order valence-corrected chi connectivity index (χ3v) is 10.8. The van der Waals surface area contributed by atoms with Crippen LogP contribution in [0, 0.1) is 25.2 Å². The van der Waals surface area contributed by atoms with Gasteiger partial charge in [-0.2, -0.15) is 5.26 Å². The summed E-state index contributed by atoms with van der Waals surface area (Å²) in [5.41, 5.74) is 4.69. The summed E-state index contributed by atoms with van der Waals surface area (Å²) < 4.78 is 0. The zero-order valence-electron chi connectivity index (χ0n) is 29.8. The van der Waals surface area contributed by atoms with Crippen LogP contribution in [0.5, 0.6) is 0 Å². The van der Waals surface area contributed by atoms with Gasteiger partial charge in [0.05, 0.1) is 10.4 Å². The van der Waals surface area contributed by atoms with Gasteiger partial charge in [-0.15, -0.1) is 23.1 Å². The Labute approximate surface area is 327 Å². The van der Waals surface area contributed by atoms with Crippen LogP contribution in [0.2, 0.25) is 0 Å². The van der Waals surface area contributed by atoms with Gasteiger partial charge >= 0.3 is 0 Å². The molecule has 9 nitrogen and oxygen atoms in total. The number of amides is 4. The first kappa shape index (κ1) is 38.0. The molecule has 5 aromatic carbocycles. The van der Waals surface area contributed by atoms with E-state index in [1.54, 1.807) is 73.7 Å². The molecule has 0 radical (unpaired) electrons. The lowest BCUT2D eigenvalue weighted by Crippen LogP contribution is -2.30. The quantitative estimate of drug-likeness (QED) is 0.0724. The minimum atomic E-state index is -0.773. The lowest BCUT2D eigenvalue weighted by molar-refractivity contribution is -0.116. The Morgan fingerprint density at radius 3 is 2.02 bits per heavy atom. The largest absolute Gasteiger partial charge is 0.321 e. The van der Waals surface area contributed by atoms with Crippen molar-refractivity contribution >= 4 is 69.2 Å². The fourth-order valence-electron chi connectivity index (χ4n) is 5.49. The first-order valence-electron chi connectivity index (χ1n) is 17.2. The van der Waals surface area contributed by atoms with Gasteiger partial charge in [-0.25, -0.2) is 0 Å². The first-order chi connectivity index (χ1) is 26.7. The number of nitrogens with zero attached hydrogens (tertiary/aromatic N) is 1. The van der Waals surface area contributed by atoms with Gasteiger partial charge in [-0.3, -0.25) is 19.2 Å². The number of thioether (sulfide) groups is 1. The van der Waals surface area contributed by atoms with Gasteiger partial charge in [0.15, 0.2) is 0 Å². The third-order valence-electron chi connectivity index (χ3n) is 8.34. The molecule has 4 amide bonds. The molecule has 1 unspecified atom stereocenters. The third kappa shape index (κ3) is 9.83. The summed E-state index contributed by atoms with van der Waals surface area (Å²) in [7, 11) is 0. The fraction of sp³-hybridized carbons (Fsp3) is 0.0682. The lowest BCUT2D eigenvalue weighted by atomic mass is 10.1. The number of benzene rings is 5. The standard InChI is InChI=1S/C44H35N5O4S2/c1-28-21-23-30(24-22-28)25-37(48-40(50)32-15-8-4-9-16-32)41(51)47-34-19-12-20-35(26-34)54-39(31-13-6-3-7-14-31)43(53)49-44-36(27-45)29(2)38(55-44)42(52)46-33-17-10-5-11-18-33/h3-26,39H,1-2H3,(H,46,52)(H,47,51)(H,48,50)(H,49,53)/b37-25+. The summed E-state index contributed by atoms with van der Waals surface area (Å²) in [5.74, 6) is -1.74. The van der Waals surface area contributed by atoms with E-state index >= 15 is 0 Å². The number of aryl methyl sites for hydroxylation is 1. The van der Waals surface area contributed by atoms with Crippen LogP contribution in [-0.4, -0.2) is 23.6 Å². The molecule has 11 heteroatoms. The molecule has 0 aliphatic rings. The summed E-state index contributed by atoms with van der Waals surface area (Å²) in [6, 6.07) is 43.6. The van der Waals surface area contributed by atoms with Gasteiger partial charge in [0.1, 0.15) is 22.0 Å². The molecule has 4 N–H and O–H groups in total. The number of nitrogens with one attached hydrogen (secondary N) is 4. The molecule has 55 heavy (non-hydrogen) atoms. The van der Waals surface area contributed by atoms with E-state index in [1.165, 1.54) is 11.8 Å². The molecule has 6 aromatic rings. The van der Waals surface area contributed by atoms with E-state index in [9.17, 15) is 24.4 Å². The van der Waals surface area contributed by atoms with Crippen LogP contribution in [0.15, 0.2) is 150 Å². The summed E-state index contributed by atoms with van der Waals surface area (Å²) in [5, 5.41) is 21.0. The minimum absolute atomic E-state index is 0.0497. The predicted molar refractivity (Wildman–Crippen MR) is 220 cm³/mol. The maximum Gasteiger partial charge on any atom is 0.272 e. The Bertz CT molecular complexity index is 2410. The van der Waals surface area contributed by atoms with Gasteiger partial charge in [0.2, 0.25) is 5.91 Å². The summed E-state index contributed by atoms with van der Waals surface area (Å²) in [4.78, 5) is 55.1. The number of thiophene rings is 1. The summed E-state index contributed by atoms with van der Waals surface area (Å²) in [6.07, 6.45) is 1.61. The van der Waals surface area contributed by atoms with Crippen LogP contribution in [0.4, 0.5) is 16.4 Å². The Morgan fingerprint density at radius 1 is 0.709 bits per heavy atom. The van der Waals surface area contributed by atoms with E-state index in [1.807, 2.05) is 85.8 Å². The average molecular weight is 762 g/mol. The number of hydrogen-bond acceptors (Lipinski definition) is 7. The highest BCUT2D eigenvalue weighted by Crippen LogP contribution is 2.39. The van der Waals surface area contributed by atoms with E-state index in [2.05, 4.69) is 27.3 Å². The number of hydrogen-bond donors (Lipinski definition) is 4. The molecule has 0 saturated heterocycles. The molecule has 0 bridgehead atoms. The van der Waals surface area contributed by atoms with Crippen LogP contribution in [0.1, 0.15) is 53.1 Å². The maximum absolute atomic E-state index is 14.1. The van der Waals surface area contributed by atoms with E-state index < -0.39 is 23.0 Å². The van der Waals surface area contributed by atoms with Crippen molar-refractivity contribution < 1.29 is 19.2 Å². The SMILES string of the molecule is Cc1ccc(/C=C(/NC(=O)c2ccccc2)C(=O)Nc2cccc(SC(C(=O)Nc3sc(C(=O)Nc4ccccc4)c(C)c3C#N)c3ccccc3)c2)cc1. The first-order valence-corrected chi connectivity index (χ1v) is 18.9. The van der Waals surface area contributed by atoms with Crippen molar-refractivity contribution in [1.82, 2.24) is 5.32 Å². The number of carbonyl (C=O) groups is 4. The zero-order chi connectivity index (χ0) is 38.7. The second-order valence-electron chi connectivity index (χ2n) is 12.4. The van der Waals surface area contributed by atoms with Crippen LogP contribution < -0.4 is 21.3 Å². The van der Waals surface area contributed by atoms with E-state index in [0.717, 1.165) is 22.5 Å². The highest BCUT2D eigenvalue weighted by Gasteiger charge is 2.27. The smallest absolute Gasteiger partial charge is 0.272 e. The van der Waals surface area contributed by atoms with Gasteiger partial charge in [-0.1, -0.05) is 103 Å². The molecule has 0 saturated carbocycles. The van der Waals surface area contributed by atoms with E-state index in [0.29, 0.717) is 37.8 Å². The number of para-hydroxylation sites is 1. The molecule has 0 fully saturated rings. The number of carbonyl (C=O) groups excluding carboxylic acids is 4. The van der Waals surface area contributed by atoms with Crippen LogP contribution in [0.3, 0.4) is 0 Å². The van der Waals surface area contributed by atoms with Crippen LogP contribution >= 0.6 is 23.1 Å². The lowest BCUT2D eigenvalue weighted by Gasteiger charge is -2.17. The van der Waals surface area contributed by atoms with Crippen molar-refractivity contribution in [3.8, 4) is 6.07 Å².